The second-order valence-electron chi connectivity index (χ2n) is 4.60. The van der Waals surface area contributed by atoms with Crippen LogP contribution in [0.3, 0.4) is 0 Å². The summed E-state index contributed by atoms with van der Waals surface area (Å²) in [6.07, 6.45) is -2.85. The number of benzene rings is 1. The van der Waals surface area contributed by atoms with Gasteiger partial charge < -0.3 is 5.32 Å². The molecule has 1 aromatic rings. The molecule has 0 saturated carbocycles. The quantitative estimate of drug-likeness (QED) is 0.850. The third-order valence-electron chi connectivity index (χ3n) is 3.32. The molecule has 6 heteroatoms. The molecular weight excluding hydrogens is 260 g/mol. The second-order valence-corrected chi connectivity index (χ2v) is 4.60. The highest BCUT2D eigenvalue weighted by molar-refractivity contribution is 5.21. The minimum absolute atomic E-state index is 0.370. The van der Waals surface area contributed by atoms with Crippen molar-refractivity contribution in [1.82, 2.24) is 10.2 Å². The van der Waals surface area contributed by atoms with Crippen LogP contribution in [0.5, 0.6) is 0 Å². The largest absolute Gasteiger partial charge is 0.314 e. The number of rotatable bonds is 4. The van der Waals surface area contributed by atoms with Gasteiger partial charge in [-0.15, -0.1) is 0 Å². The summed E-state index contributed by atoms with van der Waals surface area (Å²) in [6, 6.07) is 2.82. The van der Waals surface area contributed by atoms with Crippen LogP contribution < -0.4 is 5.32 Å². The molecule has 1 saturated heterocycles. The van der Waals surface area contributed by atoms with E-state index < -0.39 is 24.1 Å². The van der Waals surface area contributed by atoms with Crippen molar-refractivity contribution < 1.29 is 17.6 Å². The molecule has 1 aliphatic heterocycles. The van der Waals surface area contributed by atoms with Crippen LogP contribution in [0.4, 0.5) is 17.6 Å². The number of piperazine rings is 1. The lowest BCUT2D eigenvalue weighted by atomic mass is 10.0. The van der Waals surface area contributed by atoms with Gasteiger partial charge in [-0.2, -0.15) is 0 Å². The molecular formula is C13H16F4N2. The SMILES string of the molecule is Fc1ccc([C@@H](CC(F)F)N2CCNCC2)cc1F. The molecule has 1 fully saturated rings. The molecule has 0 bridgehead atoms. The molecule has 106 valence electrons. The summed E-state index contributed by atoms with van der Waals surface area (Å²) in [4.78, 5) is 1.88. The zero-order valence-electron chi connectivity index (χ0n) is 10.4. The molecule has 0 amide bonds. The van der Waals surface area contributed by atoms with Gasteiger partial charge in [0.1, 0.15) is 0 Å². The Morgan fingerprint density at radius 3 is 2.37 bits per heavy atom. The molecule has 0 radical (unpaired) electrons. The predicted octanol–water partition coefficient (Wildman–Crippen LogP) is 2.57. The van der Waals surface area contributed by atoms with Crippen LogP contribution in [0.2, 0.25) is 0 Å². The van der Waals surface area contributed by atoms with E-state index in [1.165, 1.54) is 6.07 Å². The van der Waals surface area contributed by atoms with Crippen molar-refractivity contribution in [3.63, 3.8) is 0 Å². The van der Waals surface area contributed by atoms with Crippen LogP contribution in [-0.4, -0.2) is 37.5 Å². The van der Waals surface area contributed by atoms with Gasteiger partial charge in [-0.25, -0.2) is 17.6 Å². The van der Waals surface area contributed by atoms with Crippen molar-refractivity contribution in [2.24, 2.45) is 0 Å². The number of hydrogen-bond donors (Lipinski definition) is 1. The lowest BCUT2D eigenvalue weighted by Crippen LogP contribution is -2.45. The zero-order chi connectivity index (χ0) is 13.8. The molecule has 1 heterocycles. The summed E-state index contributed by atoms with van der Waals surface area (Å²) < 4.78 is 51.6. The zero-order valence-corrected chi connectivity index (χ0v) is 10.4. The third-order valence-corrected chi connectivity index (χ3v) is 3.32. The topological polar surface area (TPSA) is 15.3 Å². The van der Waals surface area contributed by atoms with Gasteiger partial charge in [0.15, 0.2) is 11.6 Å². The first kappa shape index (κ1) is 14.3. The van der Waals surface area contributed by atoms with Gasteiger partial charge in [0, 0.05) is 38.6 Å². The van der Waals surface area contributed by atoms with E-state index in [1.807, 2.05) is 4.90 Å². The Morgan fingerprint density at radius 1 is 1.11 bits per heavy atom. The molecule has 0 aliphatic carbocycles. The molecule has 2 rings (SSSR count). The number of hydrogen-bond acceptors (Lipinski definition) is 2. The Morgan fingerprint density at radius 2 is 1.79 bits per heavy atom. The molecule has 0 spiro atoms. The lowest BCUT2D eigenvalue weighted by Gasteiger charge is -2.35. The Bertz CT molecular complexity index is 419. The first-order chi connectivity index (χ1) is 9.08. The summed E-state index contributed by atoms with van der Waals surface area (Å²) in [5, 5.41) is 3.13. The van der Waals surface area contributed by atoms with Gasteiger partial charge in [0.05, 0.1) is 0 Å². The van der Waals surface area contributed by atoms with Crippen LogP contribution in [0, 0.1) is 11.6 Å². The number of halogens is 4. The van der Waals surface area contributed by atoms with Crippen molar-refractivity contribution in [1.29, 1.82) is 0 Å². The van der Waals surface area contributed by atoms with Gasteiger partial charge in [0.2, 0.25) is 6.43 Å². The fourth-order valence-electron chi connectivity index (χ4n) is 2.38. The summed E-state index contributed by atoms with van der Waals surface area (Å²) in [7, 11) is 0. The average Bonchev–Trinajstić information content (AvgIpc) is 2.40. The highest BCUT2D eigenvalue weighted by Crippen LogP contribution is 2.28. The minimum atomic E-state index is -2.48. The third kappa shape index (κ3) is 3.67. The molecule has 0 unspecified atom stereocenters. The fourth-order valence-corrected chi connectivity index (χ4v) is 2.38. The fraction of sp³-hybridized carbons (Fsp3) is 0.538. The Balaban J connectivity index is 2.22. The Kier molecular flexibility index (Phi) is 4.76. The van der Waals surface area contributed by atoms with E-state index in [1.54, 1.807) is 0 Å². The standard InChI is InChI=1S/C13H16F4N2/c14-10-2-1-9(7-11(10)15)12(8-13(16)17)19-5-3-18-4-6-19/h1-2,7,12-13,18H,3-6,8H2/t12-/m1/s1. The number of alkyl halides is 2. The predicted molar refractivity (Wildman–Crippen MR) is 64.2 cm³/mol. The van der Waals surface area contributed by atoms with Crippen molar-refractivity contribution >= 4 is 0 Å². The Labute approximate surface area is 109 Å². The van der Waals surface area contributed by atoms with Gasteiger partial charge in [-0.05, 0) is 17.7 Å². The minimum Gasteiger partial charge on any atom is -0.314 e. The highest BCUT2D eigenvalue weighted by Gasteiger charge is 2.26. The van der Waals surface area contributed by atoms with Crippen molar-refractivity contribution in [3.8, 4) is 0 Å². The molecule has 19 heavy (non-hydrogen) atoms. The first-order valence-electron chi connectivity index (χ1n) is 6.26. The molecule has 1 aromatic carbocycles. The van der Waals surface area contributed by atoms with Crippen molar-refractivity contribution in [2.45, 2.75) is 18.9 Å². The van der Waals surface area contributed by atoms with E-state index in [9.17, 15) is 17.6 Å². The normalized spacial score (nSPS) is 18.8. The van der Waals surface area contributed by atoms with Crippen LogP contribution >= 0.6 is 0 Å². The summed E-state index contributed by atoms with van der Waals surface area (Å²) in [5.74, 6) is -1.95. The van der Waals surface area contributed by atoms with E-state index in [0.717, 1.165) is 12.1 Å². The van der Waals surface area contributed by atoms with Crippen LogP contribution in [0.1, 0.15) is 18.0 Å². The van der Waals surface area contributed by atoms with Gasteiger partial charge in [-0.1, -0.05) is 6.07 Å². The average molecular weight is 276 g/mol. The highest BCUT2D eigenvalue weighted by atomic mass is 19.3. The van der Waals surface area contributed by atoms with Crippen molar-refractivity contribution in [2.75, 3.05) is 26.2 Å². The molecule has 2 nitrogen and oxygen atoms in total. The smallest absolute Gasteiger partial charge is 0.240 e. The number of nitrogens with one attached hydrogen (secondary N) is 1. The van der Waals surface area contributed by atoms with Crippen LogP contribution in [0.15, 0.2) is 18.2 Å². The van der Waals surface area contributed by atoms with E-state index in [2.05, 4.69) is 5.32 Å². The van der Waals surface area contributed by atoms with E-state index in [-0.39, 0.29) is 6.42 Å². The maximum atomic E-state index is 13.3. The van der Waals surface area contributed by atoms with E-state index in [0.29, 0.717) is 31.7 Å². The molecule has 1 atom stereocenters. The first-order valence-corrected chi connectivity index (χ1v) is 6.26. The Hall–Kier alpha value is -1.14. The lowest BCUT2D eigenvalue weighted by molar-refractivity contribution is 0.0737. The molecule has 1 aliphatic rings. The summed E-state index contributed by atoms with van der Waals surface area (Å²) in [6.45, 7) is 2.67. The van der Waals surface area contributed by atoms with Crippen LogP contribution in [-0.2, 0) is 0 Å². The summed E-state index contributed by atoms with van der Waals surface area (Å²) >= 11 is 0. The van der Waals surface area contributed by atoms with Crippen molar-refractivity contribution in [3.05, 3.63) is 35.4 Å². The van der Waals surface area contributed by atoms with Gasteiger partial charge in [-0.3, -0.25) is 4.90 Å². The maximum absolute atomic E-state index is 13.3. The van der Waals surface area contributed by atoms with Gasteiger partial charge >= 0.3 is 0 Å². The number of nitrogens with zero attached hydrogens (tertiary/aromatic N) is 1. The second kappa shape index (κ2) is 6.34. The van der Waals surface area contributed by atoms with E-state index >= 15 is 0 Å². The molecule has 0 aromatic heterocycles. The van der Waals surface area contributed by atoms with E-state index in [4.69, 9.17) is 0 Å². The maximum Gasteiger partial charge on any atom is 0.240 e. The van der Waals surface area contributed by atoms with Gasteiger partial charge in [0.25, 0.3) is 0 Å². The van der Waals surface area contributed by atoms with Crippen LogP contribution in [0.25, 0.3) is 0 Å². The molecule has 1 N–H and O–H groups in total. The summed E-state index contributed by atoms with van der Waals surface area (Å²) in [5.41, 5.74) is 0.404. The monoisotopic (exact) mass is 276 g/mol.